The molecule has 0 saturated heterocycles. The molecule has 3 heterocycles. The molecule has 8 heteroatoms. The Labute approximate surface area is 138 Å². The van der Waals surface area contributed by atoms with Crippen LogP contribution in [0.5, 0.6) is 0 Å². The fourth-order valence-corrected chi connectivity index (χ4v) is 4.51. The van der Waals surface area contributed by atoms with Gasteiger partial charge >= 0.3 is 0 Å². The van der Waals surface area contributed by atoms with Gasteiger partial charge in [0.05, 0.1) is 5.69 Å². The molecule has 23 heavy (non-hydrogen) atoms. The summed E-state index contributed by atoms with van der Waals surface area (Å²) in [6.07, 6.45) is 3.27. The highest BCUT2D eigenvalue weighted by molar-refractivity contribution is 7.91. The van der Waals surface area contributed by atoms with Crippen LogP contribution in [0.25, 0.3) is 11.3 Å². The van der Waals surface area contributed by atoms with Crippen LogP contribution < -0.4 is 4.72 Å². The van der Waals surface area contributed by atoms with E-state index in [9.17, 15) is 8.42 Å². The van der Waals surface area contributed by atoms with Gasteiger partial charge in [-0.15, -0.1) is 11.3 Å². The van der Waals surface area contributed by atoms with Crippen LogP contribution in [0.3, 0.4) is 0 Å². The molecule has 0 bridgehead atoms. The van der Waals surface area contributed by atoms with Crippen LogP contribution in [0.4, 0.5) is 0 Å². The molecule has 0 fully saturated rings. The van der Waals surface area contributed by atoms with Gasteiger partial charge in [-0.25, -0.2) is 13.1 Å². The first-order valence-electron chi connectivity index (χ1n) is 6.90. The Kier molecular flexibility index (Phi) is 4.29. The smallest absolute Gasteiger partial charge is 0.250 e. The number of thiophene rings is 1. The number of aromatic nitrogens is 2. The van der Waals surface area contributed by atoms with Crippen LogP contribution in [0, 0.1) is 6.92 Å². The second kappa shape index (κ2) is 6.23. The largest absolute Gasteiger partial charge is 0.356 e. The number of pyridine rings is 1. The molecular formula is C15H15N3O3S2. The first kappa shape index (κ1) is 15.9. The lowest BCUT2D eigenvalue weighted by Gasteiger charge is -2.13. The van der Waals surface area contributed by atoms with E-state index in [-0.39, 0.29) is 10.3 Å². The maximum atomic E-state index is 12.5. The molecule has 3 aromatic heterocycles. The monoisotopic (exact) mass is 349 g/mol. The molecule has 0 aliphatic heterocycles. The molecule has 120 valence electrons. The van der Waals surface area contributed by atoms with Crippen molar-refractivity contribution in [2.45, 2.75) is 24.1 Å². The van der Waals surface area contributed by atoms with E-state index in [0.717, 1.165) is 22.6 Å². The lowest BCUT2D eigenvalue weighted by Crippen LogP contribution is -2.26. The average molecular weight is 349 g/mol. The third-order valence-electron chi connectivity index (χ3n) is 3.29. The van der Waals surface area contributed by atoms with Gasteiger partial charge in [0.1, 0.15) is 4.21 Å². The lowest BCUT2D eigenvalue weighted by atomic mass is 10.1. The van der Waals surface area contributed by atoms with E-state index in [1.807, 2.05) is 6.92 Å². The van der Waals surface area contributed by atoms with Crippen molar-refractivity contribution in [1.29, 1.82) is 0 Å². The Balaban J connectivity index is 1.82. The minimum absolute atomic E-state index is 0.238. The third-order valence-corrected chi connectivity index (χ3v) is 6.27. The summed E-state index contributed by atoms with van der Waals surface area (Å²) < 4.78 is 33.1. The van der Waals surface area contributed by atoms with Gasteiger partial charge in [0, 0.05) is 35.4 Å². The highest BCUT2D eigenvalue weighted by Gasteiger charge is 2.21. The first-order valence-corrected chi connectivity index (χ1v) is 9.26. The lowest BCUT2D eigenvalue weighted by molar-refractivity contribution is 0.427. The fourth-order valence-electron chi connectivity index (χ4n) is 2.10. The number of nitrogens with zero attached hydrogens (tertiary/aromatic N) is 2. The first-order chi connectivity index (χ1) is 11.0. The Morgan fingerprint density at radius 1 is 1.26 bits per heavy atom. The van der Waals surface area contributed by atoms with Gasteiger partial charge in [-0.05, 0) is 37.6 Å². The fraction of sp³-hybridized carbons (Fsp3) is 0.200. The minimum Gasteiger partial charge on any atom is -0.356 e. The molecule has 0 amide bonds. The molecular weight excluding hydrogens is 334 g/mol. The number of nitrogens with one attached hydrogen (secondary N) is 1. The van der Waals surface area contributed by atoms with E-state index in [1.165, 1.54) is 0 Å². The Hall–Kier alpha value is -2.03. The second-order valence-electron chi connectivity index (χ2n) is 5.11. The van der Waals surface area contributed by atoms with Gasteiger partial charge in [-0.3, -0.25) is 4.98 Å². The van der Waals surface area contributed by atoms with Crippen LogP contribution in [0.2, 0.25) is 0 Å². The summed E-state index contributed by atoms with van der Waals surface area (Å²) in [5.41, 5.74) is 2.30. The van der Waals surface area contributed by atoms with E-state index < -0.39 is 10.0 Å². The van der Waals surface area contributed by atoms with E-state index in [2.05, 4.69) is 14.9 Å². The Bertz CT molecular complexity index is 901. The van der Waals surface area contributed by atoms with Gasteiger partial charge in [-0.1, -0.05) is 5.16 Å². The van der Waals surface area contributed by atoms with Crippen molar-refractivity contribution in [3.05, 3.63) is 53.3 Å². The number of aryl methyl sites for hydroxylation is 1. The minimum atomic E-state index is -3.60. The van der Waals surface area contributed by atoms with E-state index in [1.54, 1.807) is 49.0 Å². The zero-order valence-electron chi connectivity index (χ0n) is 12.6. The van der Waals surface area contributed by atoms with Crippen molar-refractivity contribution >= 4 is 21.4 Å². The van der Waals surface area contributed by atoms with E-state index >= 15 is 0 Å². The third kappa shape index (κ3) is 3.49. The summed E-state index contributed by atoms with van der Waals surface area (Å²) >= 11 is 1.15. The highest BCUT2D eigenvalue weighted by Crippen LogP contribution is 2.29. The highest BCUT2D eigenvalue weighted by atomic mass is 32.2. The topological polar surface area (TPSA) is 85.1 Å². The molecule has 0 spiro atoms. The normalized spacial score (nSPS) is 13.1. The molecule has 3 aromatic rings. The predicted molar refractivity (Wildman–Crippen MR) is 87.5 cm³/mol. The van der Waals surface area contributed by atoms with Crippen LogP contribution in [-0.4, -0.2) is 18.6 Å². The molecule has 0 aromatic carbocycles. The maximum Gasteiger partial charge on any atom is 0.250 e. The van der Waals surface area contributed by atoms with Gasteiger partial charge in [0.2, 0.25) is 0 Å². The summed E-state index contributed by atoms with van der Waals surface area (Å²) in [6.45, 7) is 3.61. The standard InChI is InChI=1S/C15H15N3O3S2/c1-10-7-14(21-17-10)13-8-15(22-9-13)23(19,20)18-11(2)12-3-5-16-6-4-12/h3-9,11,18H,1-2H3. The van der Waals surface area contributed by atoms with Gasteiger partial charge in [0.15, 0.2) is 5.76 Å². The van der Waals surface area contributed by atoms with Gasteiger partial charge in [0.25, 0.3) is 10.0 Å². The molecule has 0 aliphatic rings. The molecule has 1 atom stereocenters. The Morgan fingerprint density at radius 2 is 2.00 bits per heavy atom. The molecule has 0 radical (unpaired) electrons. The SMILES string of the molecule is Cc1cc(-c2csc(S(=O)(=O)NC(C)c3ccncc3)c2)on1. The summed E-state index contributed by atoms with van der Waals surface area (Å²) in [4.78, 5) is 3.93. The molecule has 1 unspecified atom stereocenters. The molecule has 6 nitrogen and oxygen atoms in total. The number of rotatable bonds is 5. The number of sulfonamides is 1. The van der Waals surface area contributed by atoms with Crippen molar-refractivity contribution < 1.29 is 12.9 Å². The van der Waals surface area contributed by atoms with Crippen LogP contribution >= 0.6 is 11.3 Å². The van der Waals surface area contributed by atoms with Crippen molar-refractivity contribution in [3.63, 3.8) is 0 Å². The van der Waals surface area contributed by atoms with E-state index in [0.29, 0.717) is 11.3 Å². The van der Waals surface area contributed by atoms with E-state index in [4.69, 9.17) is 4.52 Å². The van der Waals surface area contributed by atoms with Gasteiger partial charge < -0.3 is 4.52 Å². The van der Waals surface area contributed by atoms with Crippen molar-refractivity contribution in [2.75, 3.05) is 0 Å². The predicted octanol–water partition coefficient (Wildman–Crippen LogP) is 3.15. The summed E-state index contributed by atoms with van der Waals surface area (Å²) in [5.74, 6) is 0.558. The molecule has 1 N–H and O–H groups in total. The summed E-state index contributed by atoms with van der Waals surface area (Å²) in [5, 5.41) is 5.55. The van der Waals surface area contributed by atoms with Crippen LogP contribution in [0.1, 0.15) is 24.2 Å². The van der Waals surface area contributed by atoms with Crippen molar-refractivity contribution in [1.82, 2.24) is 14.9 Å². The molecule has 0 saturated carbocycles. The molecule has 0 aliphatic carbocycles. The van der Waals surface area contributed by atoms with Crippen molar-refractivity contribution in [2.24, 2.45) is 0 Å². The van der Waals surface area contributed by atoms with Crippen LogP contribution in [-0.2, 0) is 10.0 Å². The maximum absolute atomic E-state index is 12.5. The zero-order chi connectivity index (χ0) is 16.4. The number of hydrogen-bond acceptors (Lipinski definition) is 6. The average Bonchev–Trinajstić information content (AvgIpc) is 3.16. The van der Waals surface area contributed by atoms with Gasteiger partial charge in [-0.2, -0.15) is 0 Å². The zero-order valence-corrected chi connectivity index (χ0v) is 14.2. The van der Waals surface area contributed by atoms with Crippen LogP contribution in [0.15, 0.2) is 50.8 Å². The second-order valence-corrected chi connectivity index (χ2v) is 7.96. The summed E-state index contributed by atoms with van der Waals surface area (Å²) in [6, 6.07) is 6.58. The Morgan fingerprint density at radius 3 is 2.65 bits per heavy atom. The quantitative estimate of drug-likeness (QED) is 0.765. The van der Waals surface area contributed by atoms with Crippen molar-refractivity contribution in [3.8, 4) is 11.3 Å². The summed E-state index contributed by atoms with van der Waals surface area (Å²) in [7, 11) is -3.60. The number of hydrogen-bond donors (Lipinski definition) is 1. The molecule has 3 rings (SSSR count).